The van der Waals surface area contributed by atoms with E-state index in [1.54, 1.807) is 31.2 Å². The van der Waals surface area contributed by atoms with Gasteiger partial charge in [0, 0.05) is 11.1 Å². The lowest BCUT2D eigenvalue weighted by Crippen LogP contribution is -2.06. The third kappa shape index (κ3) is 15.4. The number of aryl methyl sites for hydroxylation is 3. The van der Waals surface area contributed by atoms with E-state index in [2.05, 4.69) is 41.8 Å². The number of rotatable bonds is 22. The van der Waals surface area contributed by atoms with Gasteiger partial charge in [-0.1, -0.05) is 148 Å². The number of halogens is 3. The Bertz CT molecular complexity index is 2010. The second-order valence-corrected chi connectivity index (χ2v) is 16.0. The summed E-state index contributed by atoms with van der Waals surface area (Å²) in [6.07, 6.45) is 14.6. The van der Waals surface area contributed by atoms with E-state index in [-0.39, 0.29) is 47.7 Å². The molecule has 0 radical (unpaired) electrons. The van der Waals surface area contributed by atoms with Gasteiger partial charge in [-0.05, 0) is 92.1 Å². The molecule has 312 valence electrons. The van der Waals surface area contributed by atoms with E-state index in [0.29, 0.717) is 12.1 Å². The molecule has 0 aliphatic carbocycles. The van der Waals surface area contributed by atoms with Gasteiger partial charge >= 0.3 is 5.97 Å². The molecule has 0 bridgehead atoms. The summed E-state index contributed by atoms with van der Waals surface area (Å²) >= 11 is 17.8. The van der Waals surface area contributed by atoms with Crippen LogP contribution in [0, 0.1) is 6.92 Å². The summed E-state index contributed by atoms with van der Waals surface area (Å²) in [5.74, 6) is 0.00445. The molecule has 0 heterocycles. The number of benzene rings is 5. The zero-order valence-electron chi connectivity index (χ0n) is 33.6. The molecule has 0 saturated heterocycles. The van der Waals surface area contributed by atoms with Crippen LogP contribution in [0.5, 0.6) is 17.2 Å². The lowest BCUT2D eigenvalue weighted by molar-refractivity contribution is 0.0523. The number of phenols is 2. The Kier molecular flexibility index (Phi) is 20.6. The van der Waals surface area contributed by atoms with E-state index in [0.717, 1.165) is 41.8 Å². The maximum atomic E-state index is 12.2. The van der Waals surface area contributed by atoms with Gasteiger partial charge in [-0.15, -0.1) is 0 Å². The molecule has 5 rings (SSSR count). The van der Waals surface area contributed by atoms with E-state index in [4.69, 9.17) is 48.9 Å². The van der Waals surface area contributed by atoms with Gasteiger partial charge in [0.15, 0.2) is 5.75 Å². The first-order chi connectivity index (χ1) is 28.1. The van der Waals surface area contributed by atoms with Gasteiger partial charge in [0.25, 0.3) is 0 Å². The summed E-state index contributed by atoms with van der Waals surface area (Å²) < 4.78 is 16.6. The fraction of sp³-hybridized carbons (Fsp3) is 0.370. The molecule has 4 N–H and O–H groups in total. The molecule has 5 aromatic rings. The molecule has 0 aromatic heterocycles. The van der Waals surface area contributed by atoms with Crippen LogP contribution >= 0.6 is 43.8 Å². The fourth-order valence-electron chi connectivity index (χ4n) is 6.32. The van der Waals surface area contributed by atoms with Crippen LogP contribution in [0.2, 0.25) is 15.1 Å². The SMILES string of the molecule is CCCCCCCCCCCCOc1ccc(CCc2cc(Cl)c(O)c(C(=O)OCC)c2)c2ccccc12.Cc1ccc(NOPNc2cc(Cl)c(O)c(Cl)c2)cc1. The van der Waals surface area contributed by atoms with Gasteiger partial charge in [0.1, 0.15) is 26.0 Å². The van der Waals surface area contributed by atoms with Crippen molar-refractivity contribution in [3.8, 4) is 17.2 Å². The van der Waals surface area contributed by atoms with E-state index in [1.807, 2.05) is 43.3 Å². The number of fused-ring (bicyclic) bond motifs is 1. The smallest absolute Gasteiger partial charge is 0.341 e. The molecule has 0 aliphatic rings. The number of aromatic hydroxyl groups is 2. The highest BCUT2D eigenvalue weighted by Gasteiger charge is 2.17. The van der Waals surface area contributed by atoms with Crippen LogP contribution in [0.1, 0.15) is 105 Å². The van der Waals surface area contributed by atoms with Crippen LogP contribution in [-0.4, -0.2) is 29.4 Å². The highest BCUT2D eigenvalue weighted by atomic mass is 35.5. The van der Waals surface area contributed by atoms with Crippen molar-refractivity contribution in [1.29, 1.82) is 0 Å². The lowest BCUT2D eigenvalue weighted by Gasteiger charge is -2.14. The number of hydrogen-bond acceptors (Lipinski definition) is 8. The average molecular weight is 870 g/mol. The molecule has 1 unspecified atom stereocenters. The molecule has 1 atom stereocenters. The number of anilines is 2. The maximum absolute atomic E-state index is 12.2. The fourth-order valence-corrected chi connectivity index (χ4v) is 7.53. The zero-order valence-corrected chi connectivity index (χ0v) is 36.9. The second kappa shape index (κ2) is 25.5. The first-order valence-corrected chi connectivity index (χ1v) is 22.1. The molecule has 58 heavy (non-hydrogen) atoms. The number of hydrogen-bond donors (Lipinski definition) is 4. The number of carbonyl (C=O) groups excluding carboxylic acids is 1. The topological polar surface area (TPSA) is 109 Å². The van der Waals surface area contributed by atoms with Crippen LogP contribution in [-0.2, 0) is 22.2 Å². The summed E-state index contributed by atoms with van der Waals surface area (Å²) in [5, 5.41) is 25.5. The largest absolute Gasteiger partial charge is 0.505 e. The number of esters is 1. The molecule has 0 spiro atoms. The minimum Gasteiger partial charge on any atom is -0.505 e. The minimum absolute atomic E-state index is 0.0381. The molecular formula is C46H56Cl3N2O6P. The molecule has 0 aliphatic heterocycles. The van der Waals surface area contributed by atoms with Gasteiger partial charge in [-0.2, -0.15) is 0 Å². The molecule has 12 heteroatoms. The summed E-state index contributed by atoms with van der Waals surface area (Å²) in [6, 6.07) is 26.9. The van der Waals surface area contributed by atoms with Gasteiger partial charge in [-0.3, -0.25) is 5.48 Å². The lowest BCUT2D eigenvalue weighted by atomic mass is 9.97. The van der Waals surface area contributed by atoms with Crippen LogP contribution in [0.15, 0.2) is 84.9 Å². The quantitative estimate of drug-likeness (QED) is 0.0179. The third-order valence-electron chi connectivity index (χ3n) is 9.52. The third-order valence-corrected chi connectivity index (χ3v) is 11.0. The number of ether oxygens (including phenoxy) is 2. The van der Waals surface area contributed by atoms with Crippen molar-refractivity contribution in [2.75, 3.05) is 23.8 Å². The molecule has 0 fully saturated rings. The molecule has 0 amide bonds. The van der Waals surface area contributed by atoms with Gasteiger partial charge in [0.05, 0.1) is 34.0 Å². The van der Waals surface area contributed by atoms with Crippen LogP contribution in [0.4, 0.5) is 11.4 Å². The zero-order chi connectivity index (χ0) is 41.7. The first-order valence-electron chi connectivity index (χ1n) is 20.1. The number of unbranched alkanes of at least 4 members (excludes halogenated alkanes) is 9. The predicted octanol–water partition coefficient (Wildman–Crippen LogP) is 14.4. The number of phenolic OH excluding ortho intramolecular Hbond substituents is 2. The molecule has 5 aromatic carbocycles. The summed E-state index contributed by atoms with van der Waals surface area (Å²) in [6.45, 7) is 6.99. The highest BCUT2D eigenvalue weighted by molar-refractivity contribution is 7.34. The van der Waals surface area contributed by atoms with Crippen molar-refractivity contribution >= 4 is 71.9 Å². The van der Waals surface area contributed by atoms with E-state index in [9.17, 15) is 15.0 Å². The van der Waals surface area contributed by atoms with Gasteiger partial charge < -0.3 is 24.8 Å². The number of nitrogens with one attached hydrogen (secondary N) is 2. The summed E-state index contributed by atoms with van der Waals surface area (Å²) in [7, 11) is -0.0381. The summed E-state index contributed by atoms with van der Waals surface area (Å²) in [4.78, 5) is 12.2. The first kappa shape index (κ1) is 46.8. The Labute approximate surface area is 360 Å². The van der Waals surface area contributed by atoms with Crippen LogP contribution in [0.3, 0.4) is 0 Å². The molecular weight excluding hydrogens is 814 g/mol. The van der Waals surface area contributed by atoms with Gasteiger partial charge in [-0.25, -0.2) is 9.42 Å². The minimum atomic E-state index is -0.567. The van der Waals surface area contributed by atoms with Crippen molar-refractivity contribution in [3.05, 3.63) is 122 Å². The Hall–Kier alpha value is -3.91. The number of carbonyl (C=O) groups is 1. The highest BCUT2D eigenvalue weighted by Crippen LogP contribution is 2.36. The van der Waals surface area contributed by atoms with Crippen molar-refractivity contribution in [1.82, 2.24) is 0 Å². The van der Waals surface area contributed by atoms with Crippen LogP contribution in [0.25, 0.3) is 10.8 Å². The Balaban J connectivity index is 0.000000311. The summed E-state index contributed by atoms with van der Waals surface area (Å²) in [5.41, 5.74) is 7.72. The van der Waals surface area contributed by atoms with Crippen LogP contribution < -0.4 is 15.3 Å². The van der Waals surface area contributed by atoms with E-state index < -0.39 is 5.97 Å². The van der Waals surface area contributed by atoms with Crippen molar-refractivity contribution in [2.45, 2.75) is 97.8 Å². The van der Waals surface area contributed by atoms with E-state index in [1.165, 1.54) is 74.3 Å². The Morgan fingerprint density at radius 2 is 1.31 bits per heavy atom. The Morgan fingerprint density at radius 3 is 1.97 bits per heavy atom. The Morgan fingerprint density at radius 1 is 0.690 bits per heavy atom. The second-order valence-electron chi connectivity index (χ2n) is 14.1. The normalized spacial score (nSPS) is 11.1. The van der Waals surface area contributed by atoms with Gasteiger partial charge in [0.2, 0.25) is 0 Å². The molecule has 8 nitrogen and oxygen atoms in total. The monoisotopic (exact) mass is 868 g/mol. The van der Waals surface area contributed by atoms with E-state index >= 15 is 0 Å². The van der Waals surface area contributed by atoms with Crippen molar-refractivity contribution in [2.24, 2.45) is 0 Å². The maximum Gasteiger partial charge on any atom is 0.341 e. The predicted molar refractivity (Wildman–Crippen MR) is 244 cm³/mol. The molecule has 0 saturated carbocycles. The average Bonchev–Trinajstić information content (AvgIpc) is 3.22. The van der Waals surface area contributed by atoms with Crippen molar-refractivity contribution in [3.63, 3.8) is 0 Å². The van der Waals surface area contributed by atoms with Crippen molar-refractivity contribution < 1.29 is 29.1 Å². The standard InChI is InChI=1S/C33H43ClO4.C13H13Cl2N2O2P/c1-3-5-6-7-8-9-10-11-12-15-22-38-31-21-20-26(27-16-13-14-17-28(27)31)19-18-25-23-29(33(36)37-4-2)32(35)30(34)24-25;1-8-2-4-9(5-3-8)16-19-20-17-10-6-11(14)13(18)12(15)7-10/h13-14,16-17,20-21,23-24,35H,3-12,15,18-19,22H2,1-2H3;2-7,16-18,20H,1H3.